The van der Waals surface area contributed by atoms with E-state index >= 15 is 0 Å². The maximum atomic E-state index is 11.9. The van der Waals surface area contributed by atoms with Crippen molar-refractivity contribution in [2.75, 3.05) is 25.5 Å². The van der Waals surface area contributed by atoms with Gasteiger partial charge in [-0.05, 0) is 48.7 Å². The summed E-state index contributed by atoms with van der Waals surface area (Å²) < 4.78 is 5.31. The average Bonchev–Trinajstić information content (AvgIpc) is 2.57. The van der Waals surface area contributed by atoms with Crippen LogP contribution in [-0.2, 0) is 11.2 Å². The first-order valence-corrected chi connectivity index (χ1v) is 8.84. The van der Waals surface area contributed by atoms with E-state index in [4.69, 9.17) is 27.9 Å². The van der Waals surface area contributed by atoms with Gasteiger partial charge in [0.25, 0.3) is 0 Å². The summed E-state index contributed by atoms with van der Waals surface area (Å²) >= 11 is 12.0. The molecule has 0 aliphatic heterocycles. The molecule has 0 aliphatic rings. The molecule has 0 saturated heterocycles. The molecule has 25 heavy (non-hydrogen) atoms. The standard InChI is InChI=1S/C19H22Cl2N2O2/c1-13-3-6-18(25-2)17(11-13)22-10-8-19(24)23-9-7-14-4-5-15(20)12-16(14)21/h3-6,11-12,22H,7-10H2,1-2H3,(H,23,24). The lowest BCUT2D eigenvalue weighted by Gasteiger charge is -2.12. The summed E-state index contributed by atoms with van der Waals surface area (Å²) in [6, 6.07) is 11.3. The third-order valence-corrected chi connectivity index (χ3v) is 4.34. The summed E-state index contributed by atoms with van der Waals surface area (Å²) in [7, 11) is 1.63. The molecule has 0 atom stereocenters. The fraction of sp³-hybridized carbons (Fsp3) is 0.316. The Morgan fingerprint density at radius 1 is 1.12 bits per heavy atom. The maximum absolute atomic E-state index is 11.9. The van der Waals surface area contributed by atoms with Crippen molar-refractivity contribution in [1.82, 2.24) is 5.32 Å². The Labute approximate surface area is 158 Å². The van der Waals surface area contributed by atoms with E-state index in [-0.39, 0.29) is 5.91 Å². The minimum absolute atomic E-state index is 0.00999. The molecule has 2 N–H and O–H groups in total. The molecule has 0 heterocycles. The minimum atomic E-state index is -0.00999. The molecule has 0 fully saturated rings. The number of methoxy groups -OCH3 is 1. The molecule has 4 nitrogen and oxygen atoms in total. The van der Waals surface area contributed by atoms with Crippen LogP contribution in [0.2, 0.25) is 10.0 Å². The second-order valence-electron chi connectivity index (χ2n) is 5.72. The lowest BCUT2D eigenvalue weighted by molar-refractivity contribution is -0.120. The first-order valence-electron chi connectivity index (χ1n) is 8.08. The van der Waals surface area contributed by atoms with Crippen molar-refractivity contribution in [3.8, 4) is 5.75 Å². The summed E-state index contributed by atoms with van der Waals surface area (Å²) in [5.74, 6) is 0.757. The topological polar surface area (TPSA) is 50.4 Å². The Bertz CT molecular complexity index is 735. The number of anilines is 1. The smallest absolute Gasteiger partial charge is 0.221 e. The highest BCUT2D eigenvalue weighted by atomic mass is 35.5. The second-order valence-corrected chi connectivity index (χ2v) is 6.56. The summed E-state index contributed by atoms with van der Waals surface area (Å²) in [5.41, 5.74) is 2.99. The number of amides is 1. The van der Waals surface area contributed by atoms with Crippen molar-refractivity contribution in [2.45, 2.75) is 19.8 Å². The van der Waals surface area contributed by atoms with E-state index in [1.807, 2.05) is 31.2 Å². The lowest BCUT2D eigenvalue weighted by atomic mass is 10.1. The number of rotatable bonds is 8. The van der Waals surface area contributed by atoms with Crippen molar-refractivity contribution in [2.24, 2.45) is 0 Å². The molecule has 134 valence electrons. The minimum Gasteiger partial charge on any atom is -0.495 e. The van der Waals surface area contributed by atoms with Gasteiger partial charge in [-0.1, -0.05) is 35.3 Å². The molecular formula is C19H22Cl2N2O2. The predicted octanol–water partition coefficient (Wildman–Crippen LogP) is 4.47. The molecule has 2 rings (SSSR count). The third kappa shape index (κ3) is 6.15. The number of carbonyl (C=O) groups excluding carboxylic acids is 1. The van der Waals surface area contributed by atoms with Gasteiger partial charge in [0.05, 0.1) is 12.8 Å². The molecule has 0 spiro atoms. The Morgan fingerprint density at radius 2 is 1.92 bits per heavy atom. The van der Waals surface area contributed by atoms with Gasteiger partial charge in [-0.25, -0.2) is 0 Å². The number of nitrogens with one attached hydrogen (secondary N) is 2. The number of halogens is 2. The van der Waals surface area contributed by atoms with Crippen LogP contribution in [-0.4, -0.2) is 26.1 Å². The molecule has 2 aromatic rings. The average molecular weight is 381 g/mol. The molecule has 0 radical (unpaired) electrons. The normalized spacial score (nSPS) is 10.4. The first kappa shape index (κ1) is 19.4. The van der Waals surface area contributed by atoms with Gasteiger partial charge in [0.2, 0.25) is 5.91 Å². The lowest BCUT2D eigenvalue weighted by Crippen LogP contribution is -2.27. The van der Waals surface area contributed by atoms with E-state index in [0.717, 1.165) is 22.6 Å². The molecule has 0 aromatic heterocycles. The van der Waals surface area contributed by atoms with Gasteiger partial charge in [-0.15, -0.1) is 0 Å². The van der Waals surface area contributed by atoms with Gasteiger partial charge < -0.3 is 15.4 Å². The SMILES string of the molecule is COc1ccc(C)cc1NCCC(=O)NCCc1ccc(Cl)cc1Cl. The van der Waals surface area contributed by atoms with Crippen molar-refractivity contribution in [3.05, 3.63) is 57.6 Å². The maximum Gasteiger partial charge on any atom is 0.221 e. The monoisotopic (exact) mass is 380 g/mol. The Morgan fingerprint density at radius 3 is 2.64 bits per heavy atom. The van der Waals surface area contributed by atoms with Crippen LogP contribution in [0.15, 0.2) is 36.4 Å². The zero-order valence-corrected chi connectivity index (χ0v) is 15.9. The van der Waals surface area contributed by atoms with Gasteiger partial charge in [0.1, 0.15) is 5.75 Å². The Hall–Kier alpha value is -1.91. The molecule has 0 bridgehead atoms. The molecular weight excluding hydrogens is 359 g/mol. The van der Waals surface area contributed by atoms with E-state index in [9.17, 15) is 4.79 Å². The summed E-state index contributed by atoms with van der Waals surface area (Å²) in [5, 5.41) is 7.36. The summed E-state index contributed by atoms with van der Waals surface area (Å²) in [6.45, 7) is 3.08. The van der Waals surface area contributed by atoms with Gasteiger partial charge in [0.15, 0.2) is 0 Å². The fourth-order valence-corrected chi connectivity index (χ4v) is 2.92. The molecule has 0 aliphatic carbocycles. The summed E-state index contributed by atoms with van der Waals surface area (Å²) in [6.07, 6.45) is 1.05. The molecule has 2 aromatic carbocycles. The highest BCUT2D eigenvalue weighted by molar-refractivity contribution is 6.35. The van der Waals surface area contributed by atoms with Gasteiger partial charge >= 0.3 is 0 Å². The van der Waals surface area contributed by atoms with Crippen molar-refractivity contribution < 1.29 is 9.53 Å². The van der Waals surface area contributed by atoms with Gasteiger partial charge in [-0.2, -0.15) is 0 Å². The second kappa shape index (κ2) is 9.54. The van der Waals surface area contributed by atoms with Crippen LogP contribution < -0.4 is 15.4 Å². The van der Waals surface area contributed by atoms with E-state index < -0.39 is 0 Å². The van der Waals surface area contributed by atoms with Crippen LogP contribution in [0.1, 0.15) is 17.5 Å². The number of carbonyl (C=O) groups is 1. The zero-order chi connectivity index (χ0) is 18.2. The third-order valence-electron chi connectivity index (χ3n) is 3.75. The number of ether oxygens (including phenoxy) is 1. The van der Waals surface area contributed by atoms with Gasteiger partial charge in [-0.3, -0.25) is 4.79 Å². The predicted molar refractivity (Wildman–Crippen MR) is 104 cm³/mol. The quantitative estimate of drug-likeness (QED) is 0.709. The molecule has 1 amide bonds. The fourth-order valence-electron chi connectivity index (χ4n) is 2.42. The molecule has 6 heteroatoms. The van der Waals surface area contributed by atoms with E-state index in [1.165, 1.54) is 0 Å². The molecule has 0 unspecified atom stereocenters. The summed E-state index contributed by atoms with van der Waals surface area (Å²) in [4.78, 5) is 11.9. The zero-order valence-electron chi connectivity index (χ0n) is 14.4. The van der Waals surface area contributed by atoms with Gasteiger partial charge in [0, 0.05) is 29.6 Å². The number of benzene rings is 2. The van der Waals surface area contributed by atoms with Crippen molar-refractivity contribution >= 4 is 34.8 Å². The van der Waals surface area contributed by atoms with E-state index in [0.29, 0.717) is 36.0 Å². The van der Waals surface area contributed by atoms with Crippen LogP contribution in [0.3, 0.4) is 0 Å². The number of aryl methyl sites for hydroxylation is 1. The van der Waals surface area contributed by atoms with Crippen molar-refractivity contribution in [3.63, 3.8) is 0 Å². The number of hydrogen-bond donors (Lipinski definition) is 2. The number of hydrogen-bond acceptors (Lipinski definition) is 3. The first-order chi connectivity index (χ1) is 12.0. The van der Waals surface area contributed by atoms with Crippen LogP contribution >= 0.6 is 23.2 Å². The van der Waals surface area contributed by atoms with Crippen LogP contribution in [0.4, 0.5) is 5.69 Å². The van der Waals surface area contributed by atoms with Crippen LogP contribution in [0, 0.1) is 6.92 Å². The largest absolute Gasteiger partial charge is 0.495 e. The highest BCUT2D eigenvalue weighted by Gasteiger charge is 2.06. The van der Waals surface area contributed by atoms with Crippen LogP contribution in [0.25, 0.3) is 0 Å². The Kier molecular flexibility index (Phi) is 7.41. The highest BCUT2D eigenvalue weighted by Crippen LogP contribution is 2.25. The van der Waals surface area contributed by atoms with E-state index in [2.05, 4.69) is 10.6 Å². The van der Waals surface area contributed by atoms with Crippen LogP contribution in [0.5, 0.6) is 5.75 Å². The van der Waals surface area contributed by atoms with E-state index in [1.54, 1.807) is 19.2 Å². The Balaban J connectivity index is 1.73. The van der Waals surface area contributed by atoms with Crippen molar-refractivity contribution in [1.29, 1.82) is 0 Å². The molecule has 0 saturated carbocycles.